The van der Waals surface area contributed by atoms with Gasteiger partial charge in [0.05, 0.1) is 29.5 Å². The van der Waals surface area contributed by atoms with Crippen molar-refractivity contribution in [2.75, 3.05) is 11.9 Å². The third-order valence-corrected chi connectivity index (χ3v) is 6.69. The second-order valence-corrected chi connectivity index (χ2v) is 8.73. The topological polar surface area (TPSA) is 98.5 Å². The maximum absolute atomic E-state index is 12.9. The maximum atomic E-state index is 12.9. The molecule has 8 nitrogen and oxygen atoms in total. The average molecular weight is 456 g/mol. The zero-order chi connectivity index (χ0) is 21.8. The summed E-state index contributed by atoms with van der Waals surface area (Å²) in [5.74, 6) is -0.500. The molecule has 4 rings (SSSR count). The number of aromatic nitrogens is 4. The standard InChI is InChI=1S/C21H21N5O3S2/c1-3-16(19(28)23-20-22-14(12-30-20)11-18(27)29-4-2)31-21-25-24-17-10-9-13-7-5-6-8-15(13)26(17)21/h5-10,12,16H,3-4,11H2,1-2H3,(H,22,23,28). The summed E-state index contributed by atoms with van der Waals surface area (Å²) in [5, 5.41) is 15.0. The number of benzene rings is 1. The van der Waals surface area contributed by atoms with E-state index in [1.54, 1.807) is 12.3 Å². The van der Waals surface area contributed by atoms with E-state index in [9.17, 15) is 9.59 Å². The fourth-order valence-electron chi connectivity index (χ4n) is 3.13. The Morgan fingerprint density at radius 1 is 1.19 bits per heavy atom. The molecule has 3 aromatic heterocycles. The normalized spacial score (nSPS) is 12.2. The van der Waals surface area contributed by atoms with Crippen LogP contribution in [-0.2, 0) is 20.7 Å². The number of fused-ring (bicyclic) bond motifs is 3. The molecule has 0 aliphatic heterocycles. The minimum absolute atomic E-state index is 0.0883. The zero-order valence-electron chi connectivity index (χ0n) is 17.1. The molecule has 0 aliphatic carbocycles. The number of carbonyl (C=O) groups excluding carboxylic acids is 2. The smallest absolute Gasteiger partial charge is 0.311 e. The number of ether oxygens (including phenoxy) is 1. The maximum Gasteiger partial charge on any atom is 0.311 e. The van der Waals surface area contributed by atoms with E-state index < -0.39 is 0 Å². The van der Waals surface area contributed by atoms with Crippen molar-refractivity contribution in [2.45, 2.75) is 37.1 Å². The Balaban J connectivity index is 1.50. The van der Waals surface area contributed by atoms with Gasteiger partial charge >= 0.3 is 5.97 Å². The van der Waals surface area contributed by atoms with Crippen molar-refractivity contribution in [2.24, 2.45) is 0 Å². The lowest BCUT2D eigenvalue weighted by Crippen LogP contribution is -2.24. The first-order chi connectivity index (χ1) is 15.1. The minimum atomic E-state index is -0.372. The molecular weight excluding hydrogens is 434 g/mol. The summed E-state index contributed by atoms with van der Waals surface area (Å²) in [6.45, 7) is 4.04. The van der Waals surface area contributed by atoms with Gasteiger partial charge in [0.15, 0.2) is 15.9 Å². The quantitative estimate of drug-likeness (QED) is 0.317. The van der Waals surface area contributed by atoms with Crippen LogP contribution in [-0.4, -0.2) is 43.3 Å². The van der Waals surface area contributed by atoms with Crippen LogP contribution in [0.3, 0.4) is 0 Å². The summed E-state index contributed by atoms with van der Waals surface area (Å²) in [6, 6.07) is 11.9. The molecule has 0 fully saturated rings. The van der Waals surface area contributed by atoms with Crippen LogP contribution >= 0.6 is 23.1 Å². The highest BCUT2D eigenvalue weighted by atomic mass is 32.2. The number of rotatable bonds is 8. The third-order valence-electron chi connectivity index (χ3n) is 4.57. The third kappa shape index (κ3) is 4.70. The predicted octanol–water partition coefficient (Wildman–Crippen LogP) is 3.95. The Hall–Kier alpha value is -2.98. The van der Waals surface area contributed by atoms with Gasteiger partial charge in [-0.25, -0.2) is 4.98 Å². The van der Waals surface area contributed by atoms with Crippen LogP contribution in [0.5, 0.6) is 0 Å². The van der Waals surface area contributed by atoms with Crippen LogP contribution in [0.15, 0.2) is 46.9 Å². The number of para-hydroxylation sites is 1. The zero-order valence-corrected chi connectivity index (χ0v) is 18.7. The van der Waals surface area contributed by atoms with Crippen LogP contribution in [0.2, 0.25) is 0 Å². The lowest BCUT2D eigenvalue weighted by molar-refractivity contribution is -0.142. The Labute approximate surface area is 187 Å². The number of thiazole rings is 1. The van der Waals surface area contributed by atoms with Crippen molar-refractivity contribution in [3.8, 4) is 0 Å². The van der Waals surface area contributed by atoms with E-state index >= 15 is 0 Å². The molecule has 1 unspecified atom stereocenters. The molecule has 160 valence electrons. The predicted molar refractivity (Wildman–Crippen MR) is 122 cm³/mol. The van der Waals surface area contributed by atoms with Gasteiger partial charge in [-0.05, 0) is 36.9 Å². The van der Waals surface area contributed by atoms with Gasteiger partial charge in [0.25, 0.3) is 0 Å². The van der Waals surface area contributed by atoms with Gasteiger partial charge in [0, 0.05) is 5.38 Å². The SMILES string of the molecule is CCOC(=O)Cc1csc(NC(=O)C(CC)Sc2nnc3ccc4ccccc4n23)n1. The highest BCUT2D eigenvalue weighted by molar-refractivity contribution is 8.00. The van der Waals surface area contributed by atoms with E-state index in [-0.39, 0.29) is 23.5 Å². The molecule has 1 amide bonds. The van der Waals surface area contributed by atoms with Crippen molar-refractivity contribution < 1.29 is 14.3 Å². The Bertz CT molecular complexity index is 1240. The highest BCUT2D eigenvalue weighted by Crippen LogP contribution is 2.28. The number of carbonyl (C=O) groups is 2. The second-order valence-electron chi connectivity index (χ2n) is 6.70. The summed E-state index contributed by atoms with van der Waals surface area (Å²) in [7, 11) is 0. The van der Waals surface area contributed by atoms with Gasteiger partial charge in [0.1, 0.15) is 0 Å². The molecule has 0 bridgehead atoms. The van der Waals surface area contributed by atoms with Crippen molar-refractivity contribution in [1.82, 2.24) is 19.6 Å². The molecule has 31 heavy (non-hydrogen) atoms. The number of nitrogens with one attached hydrogen (secondary N) is 1. The van der Waals surface area contributed by atoms with Gasteiger partial charge in [0.2, 0.25) is 5.91 Å². The van der Waals surface area contributed by atoms with Crippen LogP contribution in [0.4, 0.5) is 5.13 Å². The monoisotopic (exact) mass is 455 g/mol. The molecule has 0 radical (unpaired) electrons. The first-order valence-electron chi connectivity index (χ1n) is 9.89. The highest BCUT2D eigenvalue weighted by Gasteiger charge is 2.23. The Morgan fingerprint density at radius 3 is 2.84 bits per heavy atom. The van der Waals surface area contributed by atoms with Crippen LogP contribution in [0, 0.1) is 0 Å². The lowest BCUT2D eigenvalue weighted by Gasteiger charge is -2.13. The second kappa shape index (κ2) is 9.44. The number of hydrogen-bond acceptors (Lipinski definition) is 8. The van der Waals surface area contributed by atoms with Crippen molar-refractivity contribution >= 4 is 56.7 Å². The van der Waals surface area contributed by atoms with Gasteiger partial charge in [-0.3, -0.25) is 14.0 Å². The molecule has 0 saturated heterocycles. The molecule has 1 aromatic carbocycles. The van der Waals surface area contributed by atoms with Crippen molar-refractivity contribution in [3.63, 3.8) is 0 Å². The number of nitrogens with zero attached hydrogens (tertiary/aromatic N) is 4. The molecule has 4 aromatic rings. The molecule has 0 spiro atoms. The largest absolute Gasteiger partial charge is 0.466 e. The van der Waals surface area contributed by atoms with Crippen LogP contribution in [0.25, 0.3) is 16.6 Å². The number of amides is 1. The Morgan fingerprint density at radius 2 is 2.03 bits per heavy atom. The van der Waals surface area contributed by atoms with Gasteiger partial charge < -0.3 is 10.1 Å². The van der Waals surface area contributed by atoms with Crippen molar-refractivity contribution in [1.29, 1.82) is 0 Å². The van der Waals surface area contributed by atoms with Crippen molar-refractivity contribution in [3.05, 3.63) is 47.5 Å². The van der Waals surface area contributed by atoms with E-state index in [4.69, 9.17) is 4.74 Å². The molecular formula is C21H21N5O3S2. The van der Waals surface area contributed by atoms with Gasteiger partial charge in [-0.2, -0.15) is 0 Å². The molecule has 1 atom stereocenters. The molecule has 0 saturated carbocycles. The fraction of sp³-hybridized carbons (Fsp3) is 0.286. The summed E-state index contributed by atoms with van der Waals surface area (Å²) < 4.78 is 6.91. The van der Waals surface area contributed by atoms with E-state index in [1.165, 1.54) is 23.1 Å². The summed E-state index contributed by atoms with van der Waals surface area (Å²) in [4.78, 5) is 28.8. The molecule has 0 aliphatic rings. The number of pyridine rings is 1. The van der Waals surface area contributed by atoms with E-state index in [0.717, 1.165) is 16.6 Å². The lowest BCUT2D eigenvalue weighted by atomic mass is 10.2. The average Bonchev–Trinajstić information content (AvgIpc) is 3.38. The van der Waals surface area contributed by atoms with Gasteiger partial charge in [-0.1, -0.05) is 36.9 Å². The number of thioether (sulfide) groups is 1. The van der Waals surface area contributed by atoms with E-state index in [2.05, 4.69) is 20.5 Å². The summed E-state index contributed by atoms with van der Waals surface area (Å²) >= 11 is 2.66. The molecule has 1 N–H and O–H groups in total. The summed E-state index contributed by atoms with van der Waals surface area (Å²) in [6.07, 6.45) is 0.697. The number of anilines is 1. The summed E-state index contributed by atoms with van der Waals surface area (Å²) in [5.41, 5.74) is 2.31. The fourth-order valence-corrected chi connectivity index (χ4v) is 4.81. The first kappa shape index (κ1) is 21.3. The van der Waals surface area contributed by atoms with Crippen LogP contribution in [0.1, 0.15) is 26.0 Å². The minimum Gasteiger partial charge on any atom is -0.466 e. The molecule has 10 heteroatoms. The van der Waals surface area contributed by atoms with Gasteiger partial charge in [-0.15, -0.1) is 21.5 Å². The molecule has 3 heterocycles. The van der Waals surface area contributed by atoms with E-state index in [0.29, 0.717) is 29.0 Å². The van der Waals surface area contributed by atoms with Crippen LogP contribution < -0.4 is 5.32 Å². The Kier molecular flexibility index (Phi) is 6.47. The number of hydrogen-bond donors (Lipinski definition) is 1. The first-order valence-corrected chi connectivity index (χ1v) is 11.7. The number of esters is 1. The van der Waals surface area contributed by atoms with E-state index in [1.807, 2.05) is 47.7 Å².